The van der Waals surface area contributed by atoms with Crippen LogP contribution in [-0.4, -0.2) is 49.4 Å². The van der Waals surface area contributed by atoms with Crippen LogP contribution in [0.1, 0.15) is 50.6 Å². The van der Waals surface area contributed by atoms with Gasteiger partial charge in [-0.25, -0.2) is 8.42 Å². The van der Waals surface area contributed by atoms with E-state index in [2.05, 4.69) is 6.92 Å². The van der Waals surface area contributed by atoms with Gasteiger partial charge in [-0.1, -0.05) is 36.6 Å². The number of amides is 1. The number of quaternary nitrogens is 1. The van der Waals surface area contributed by atoms with E-state index in [1.165, 1.54) is 0 Å². The van der Waals surface area contributed by atoms with Crippen molar-refractivity contribution in [1.29, 1.82) is 0 Å². The zero-order valence-corrected chi connectivity index (χ0v) is 16.8. The molecule has 0 spiro atoms. The number of rotatable bonds is 6. The summed E-state index contributed by atoms with van der Waals surface area (Å²) in [5, 5.41) is 2.73. The summed E-state index contributed by atoms with van der Waals surface area (Å²) in [6.45, 7) is 2.41. The van der Waals surface area contributed by atoms with E-state index in [9.17, 15) is 13.2 Å². The molecule has 3 rings (SSSR count). The lowest BCUT2D eigenvalue weighted by atomic mass is 10.1. The van der Waals surface area contributed by atoms with Gasteiger partial charge in [-0.2, -0.15) is 0 Å². The molecule has 1 aliphatic heterocycles. The van der Waals surface area contributed by atoms with Gasteiger partial charge >= 0.3 is 0 Å². The molecule has 2 fully saturated rings. The zero-order chi connectivity index (χ0) is 18.7. The third-order valence-corrected chi connectivity index (χ3v) is 7.65. The van der Waals surface area contributed by atoms with Crippen molar-refractivity contribution < 1.29 is 18.5 Å². The molecule has 1 saturated heterocycles. The Balaban J connectivity index is 1.64. The second-order valence-corrected chi connectivity index (χ2v) is 10.2. The van der Waals surface area contributed by atoms with Gasteiger partial charge in [0.2, 0.25) is 0 Å². The third kappa shape index (κ3) is 4.78. The topological polar surface area (TPSA) is 71.1 Å². The van der Waals surface area contributed by atoms with Gasteiger partial charge in [0, 0.05) is 22.7 Å². The Morgan fingerprint density at radius 2 is 1.85 bits per heavy atom. The Labute approximate surface area is 161 Å². The molecule has 0 unspecified atom stereocenters. The molecule has 0 bridgehead atoms. The molecule has 0 aromatic heterocycles. The summed E-state index contributed by atoms with van der Waals surface area (Å²) in [6, 6.07) is 7.89. The van der Waals surface area contributed by atoms with E-state index in [1.54, 1.807) is 0 Å². The first kappa shape index (κ1) is 19.6. The van der Waals surface area contributed by atoms with Crippen molar-refractivity contribution in [2.24, 2.45) is 0 Å². The first-order chi connectivity index (χ1) is 12.4. The smallest absolute Gasteiger partial charge is 0.278 e. The molecule has 2 aliphatic rings. The molecule has 7 heteroatoms. The minimum atomic E-state index is -3.00. The molecule has 1 amide bonds. The quantitative estimate of drug-likeness (QED) is 0.794. The molecule has 0 radical (unpaired) electrons. The number of halogens is 1. The second kappa shape index (κ2) is 8.28. The molecule has 1 aromatic rings. The SMILES string of the molecule is C[C@@H]([NH2+]CC(=O)N(C1CCCC1)[C@H]1CCS(=O)(=O)C1)c1ccc(Cl)cc1. The normalized spacial score (nSPS) is 23.8. The molecule has 5 nitrogen and oxygen atoms in total. The van der Waals surface area contributed by atoms with Crippen LogP contribution in [-0.2, 0) is 14.6 Å². The monoisotopic (exact) mass is 399 g/mol. The van der Waals surface area contributed by atoms with Gasteiger partial charge < -0.3 is 10.2 Å². The first-order valence-electron chi connectivity index (χ1n) is 9.46. The van der Waals surface area contributed by atoms with Crippen LogP contribution in [0.2, 0.25) is 5.02 Å². The van der Waals surface area contributed by atoms with Crippen LogP contribution in [0.3, 0.4) is 0 Å². The number of carbonyl (C=O) groups is 1. The van der Waals surface area contributed by atoms with E-state index >= 15 is 0 Å². The highest BCUT2D eigenvalue weighted by molar-refractivity contribution is 7.91. The summed E-state index contributed by atoms with van der Waals surface area (Å²) in [4.78, 5) is 14.9. The van der Waals surface area contributed by atoms with Gasteiger partial charge in [0.1, 0.15) is 6.04 Å². The molecule has 1 aliphatic carbocycles. The molecular formula is C19H28ClN2O3S+. The predicted molar refractivity (Wildman–Crippen MR) is 103 cm³/mol. The van der Waals surface area contributed by atoms with Gasteiger partial charge in [0.25, 0.3) is 5.91 Å². The molecule has 2 N–H and O–H groups in total. The van der Waals surface area contributed by atoms with E-state index in [4.69, 9.17) is 11.6 Å². The van der Waals surface area contributed by atoms with Crippen molar-refractivity contribution in [2.45, 2.75) is 57.2 Å². The molecule has 2 atom stereocenters. The molecule has 1 saturated carbocycles. The van der Waals surface area contributed by atoms with E-state index in [0.717, 1.165) is 31.2 Å². The van der Waals surface area contributed by atoms with Crippen LogP contribution in [0, 0.1) is 0 Å². The van der Waals surface area contributed by atoms with Gasteiger partial charge in [0.15, 0.2) is 16.4 Å². The molecule has 26 heavy (non-hydrogen) atoms. The highest BCUT2D eigenvalue weighted by Crippen LogP contribution is 2.29. The Kier molecular flexibility index (Phi) is 6.25. The minimum Gasteiger partial charge on any atom is -0.333 e. The maximum absolute atomic E-state index is 13.0. The van der Waals surface area contributed by atoms with Crippen molar-refractivity contribution in [3.63, 3.8) is 0 Å². The Hall–Kier alpha value is -1.11. The first-order valence-corrected chi connectivity index (χ1v) is 11.7. The third-order valence-electron chi connectivity index (χ3n) is 5.65. The van der Waals surface area contributed by atoms with E-state index in [0.29, 0.717) is 18.0 Å². The fourth-order valence-corrected chi connectivity index (χ4v) is 6.01. The fourth-order valence-electron chi connectivity index (χ4n) is 4.17. The summed E-state index contributed by atoms with van der Waals surface area (Å²) in [6.07, 6.45) is 4.82. The lowest BCUT2D eigenvalue weighted by Crippen LogP contribution is -2.87. The van der Waals surface area contributed by atoms with Crippen LogP contribution in [0.5, 0.6) is 0 Å². The average Bonchev–Trinajstić information content (AvgIpc) is 3.24. The van der Waals surface area contributed by atoms with Gasteiger partial charge in [-0.15, -0.1) is 0 Å². The summed E-state index contributed by atoms with van der Waals surface area (Å²) >= 11 is 5.93. The number of nitrogens with zero attached hydrogens (tertiary/aromatic N) is 1. The maximum Gasteiger partial charge on any atom is 0.278 e. The number of hydrogen-bond donors (Lipinski definition) is 1. The van der Waals surface area contributed by atoms with Crippen LogP contribution in [0.25, 0.3) is 0 Å². The summed E-state index contributed by atoms with van der Waals surface area (Å²) < 4.78 is 23.8. The Morgan fingerprint density at radius 3 is 2.42 bits per heavy atom. The summed E-state index contributed by atoms with van der Waals surface area (Å²) in [5.41, 5.74) is 1.12. The van der Waals surface area contributed by atoms with Crippen LogP contribution >= 0.6 is 11.6 Å². The Bertz CT molecular complexity index is 730. The number of nitrogens with two attached hydrogens (primary N) is 1. The van der Waals surface area contributed by atoms with Gasteiger partial charge in [0.05, 0.1) is 11.5 Å². The molecule has 1 heterocycles. The lowest BCUT2D eigenvalue weighted by molar-refractivity contribution is -0.683. The summed E-state index contributed by atoms with van der Waals surface area (Å²) in [7, 11) is -3.00. The standard InChI is InChI=1S/C19H27ClN2O3S/c1-14(15-6-8-16(20)9-7-15)21-12-19(23)22(17-4-2-3-5-17)18-10-11-26(24,25)13-18/h6-9,14,17-18,21H,2-5,10-13H2,1H3/p+1/t14-,18+/m1/s1. The van der Waals surface area contributed by atoms with Gasteiger partial charge in [-0.3, -0.25) is 4.79 Å². The van der Waals surface area contributed by atoms with E-state index in [-0.39, 0.29) is 35.5 Å². The fraction of sp³-hybridized carbons (Fsp3) is 0.632. The van der Waals surface area contributed by atoms with Gasteiger partial charge in [-0.05, 0) is 38.3 Å². The number of benzene rings is 1. The highest BCUT2D eigenvalue weighted by atomic mass is 35.5. The minimum absolute atomic E-state index is 0.0693. The number of hydrogen-bond acceptors (Lipinski definition) is 3. The lowest BCUT2D eigenvalue weighted by Gasteiger charge is -2.33. The predicted octanol–water partition coefficient (Wildman–Crippen LogP) is 1.92. The number of sulfone groups is 1. The Morgan fingerprint density at radius 1 is 1.19 bits per heavy atom. The van der Waals surface area contributed by atoms with Crippen LogP contribution in [0.15, 0.2) is 24.3 Å². The molecule has 1 aromatic carbocycles. The van der Waals surface area contributed by atoms with Crippen molar-refractivity contribution in [1.82, 2.24) is 4.90 Å². The van der Waals surface area contributed by atoms with Crippen molar-refractivity contribution >= 4 is 27.3 Å². The molecule has 144 valence electrons. The maximum atomic E-state index is 13.0. The van der Waals surface area contributed by atoms with Crippen LogP contribution in [0.4, 0.5) is 0 Å². The summed E-state index contributed by atoms with van der Waals surface area (Å²) in [5.74, 6) is 0.404. The van der Waals surface area contributed by atoms with E-state index < -0.39 is 9.84 Å². The van der Waals surface area contributed by atoms with Crippen molar-refractivity contribution in [3.05, 3.63) is 34.9 Å². The number of carbonyl (C=O) groups excluding carboxylic acids is 1. The van der Waals surface area contributed by atoms with Crippen molar-refractivity contribution in [3.8, 4) is 0 Å². The van der Waals surface area contributed by atoms with Crippen molar-refractivity contribution in [2.75, 3.05) is 18.1 Å². The second-order valence-electron chi connectivity index (χ2n) is 7.58. The highest BCUT2D eigenvalue weighted by Gasteiger charge is 2.39. The molecular weight excluding hydrogens is 372 g/mol. The van der Waals surface area contributed by atoms with Crippen LogP contribution < -0.4 is 5.32 Å². The largest absolute Gasteiger partial charge is 0.333 e. The zero-order valence-electron chi connectivity index (χ0n) is 15.2. The average molecular weight is 400 g/mol. The van der Waals surface area contributed by atoms with E-state index in [1.807, 2.05) is 34.5 Å².